The molecule has 0 amide bonds. The number of methoxy groups -OCH3 is 2. The van der Waals surface area contributed by atoms with Gasteiger partial charge in [-0.1, -0.05) is 11.6 Å². The van der Waals surface area contributed by atoms with Crippen LogP contribution in [-0.2, 0) is 6.61 Å². The minimum atomic E-state index is -0.0441. The largest absolute Gasteiger partial charge is 0.493 e. The molecule has 0 spiro atoms. The van der Waals surface area contributed by atoms with Crippen LogP contribution in [0.3, 0.4) is 0 Å². The van der Waals surface area contributed by atoms with Crippen LogP contribution in [-0.4, -0.2) is 33.9 Å². The first kappa shape index (κ1) is 19.0. The molecule has 0 saturated carbocycles. The molecule has 2 N–H and O–H groups in total. The molecule has 0 aliphatic rings. The molecule has 0 atom stereocenters. The molecule has 27 heavy (non-hydrogen) atoms. The van der Waals surface area contributed by atoms with Gasteiger partial charge in [0.2, 0.25) is 5.95 Å². The second-order valence-electron chi connectivity index (χ2n) is 6.05. The molecular weight excluding hydrogens is 368 g/mol. The molecule has 142 valence electrons. The van der Waals surface area contributed by atoms with Gasteiger partial charge in [-0.3, -0.25) is 0 Å². The lowest BCUT2D eigenvalue weighted by Crippen LogP contribution is -2.03. The molecular formula is C19H21ClN4O3. The zero-order valence-corrected chi connectivity index (χ0v) is 16.3. The standard InChI is InChI=1S/C19H21ClN4O3/c1-11-5-14(6-16(26-3)17(11)27-4)22-19-21-7-15(20)18(23-19)24-8-12(2)13(9-24)10-25/h5-9,25H,10H2,1-4H3,(H,21,22,23). The van der Waals surface area contributed by atoms with Crippen LogP contribution in [0.1, 0.15) is 16.7 Å². The molecule has 0 saturated heterocycles. The molecule has 7 nitrogen and oxygen atoms in total. The number of ether oxygens (including phenoxy) is 2. The summed E-state index contributed by atoms with van der Waals surface area (Å²) in [6.07, 6.45) is 5.20. The summed E-state index contributed by atoms with van der Waals surface area (Å²) in [5, 5.41) is 13.0. The first-order chi connectivity index (χ1) is 13.0. The number of aliphatic hydroxyl groups is 1. The van der Waals surface area contributed by atoms with Gasteiger partial charge in [-0.25, -0.2) is 4.98 Å². The van der Waals surface area contributed by atoms with Gasteiger partial charge < -0.3 is 24.5 Å². The molecule has 8 heteroatoms. The van der Waals surface area contributed by atoms with E-state index >= 15 is 0 Å². The van der Waals surface area contributed by atoms with Gasteiger partial charge in [-0.05, 0) is 36.6 Å². The fourth-order valence-electron chi connectivity index (χ4n) is 2.84. The Morgan fingerprint density at radius 3 is 2.56 bits per heavy atom. The second kappa shape index (κ2) is 7.85. The van der Waals surface area contributed by atoms with Crippen molar-refractivity contribution in [2.24, 2.45) is 0 Å². The Bertz CT molecular complexity index is 972. The highest BCUT2D eigenvalue weighted by Gasteiger charge is 2.13. The summed E-state index contributed by atoms with van der Waals surface area (Å²) in [5.41, 5.74) is 3.45. The van der Waals surface area contributed by atoms with E-state index < -0.39 is 0 Å². The first-order valence-electron chi connectivity index (χ1n) is 8.27. The summed E-state index contributed by atoms with van der Waals surface area (Å²) in [4.78, 5) is 8.76. The van der Waals surface area contributed by atoms with Gasteiger partial charge in [0, 0.05) is 24.1 Å². The van der Waals surface area contributed by atoms with E-state index in [1.807, 2.05) is 32.2 Å². The molecule has 3 rings (SSSR count). The minimum Gasteiger partial charge on any atom is -0.493 e. The zero-order chi connectivity index (χ0) is 19.6. The molecule has 0 aliphatic carbocycles. The van der Waals surface area contributed by atoms with Crippen molar-refractivity contribution in [3.8, 4) is 17.3 Å². The predicted molar refractivity (Wildman–Crippen MR) is 105 cm³/mol. The van der Waals surface area contributed by atoms with Crippen LogP contribution >= 0.6 is 11.6 Å². The van der Waals surface area contributed by atoms with Crippen LogP contribution in [0.5, 0.6) is 11.5 Å². The van der Waals surface area contributed by atoms with E-state index in [9.17, 15) is 5.11 Å². The normalized spacial score (nSPS) is 10.7. The van der Waals surface area contributed by atoms with E-state index in [0.717, 1.165) is 22.4 Å². The minimum absolute atomic E-state index is 0.0441. The highest BCUT2D eigenvalue weighted by molar-refractivity contribution is 6.32. The van der Waals surface area contributed by atoms with Gasteiger partial charge in [0.1, 0.15) is 5.02 Å². The topological polar surface area (TPSA) is 81.4 Å². The van der Waals surface area contributed by atoms with E-state index in [2.05, 4.69) is 15.3 Å². The van der Waals surface area contributed by atoms with Gasteiger partial charge in [-0.15, -0.1) is 0 Å². The fourth-order valence-corrected chi connectivity index (χ4v) is 3.03. The van der Waals surface area contributed by atoms with E-state index in [0.29, 0.717) is 28.3 Å². The Morgan fingerprint density at radius 1 is 1.15 bits per heavy atom. The lowest BCUT2D eigenvalue weighted by atomic mass is 10.2. The first-order valence-corrected chi connectivity index (χ1v) is 8.65. The summed E-state index contributed by atoms with van der Waals surface area (Å²) >= 11 is 6.28. The molecule has 0 unspecified atom stereocenters. The van der Waals surface area contributed by atoms with Crippen molar-refractivity contribution in [3.63, 3.8) is 0 Å². The number of hydrogen-bond donors (Lipinski definition) is 2. The SMILES string of the molecule is COc1cc(Nc2ncc(Cl)c(-n3cc(C)c(CO)c3)n2)cc(C)c1OC. The maximum absolute atomic E-state index is 9.40. The average Bonchev–Trinajstić information content (AvgIpc) is 3.03. The molecule has 3 aromatic rings. The lowest BCUT2D eigenvalue weighted by Gasteiger charge is -2.14. The van der Waals surface area contributed by atoms with Crippen molar-refractivity contribution in [1.82, 2.24) is 14.5 Å². The van der Waals surface area contributed by atoms with Crippen molar-refractivity contribution >= 4 is 23.2 Å². The molecule has 0 aliphatic heterocycles. The number of nitrogens with one attached hydrogen (secondary N) is 1. The Morgan fingerprint density at radius 2 is 1.93 bits per heavy atom. The molecule has 2 aromatic heterocycles. The molecule has 0 bridgehead atoms. The third kappa shape index (κ3) is 3.84. The van der Waals surface area contributed by atoms with Gasteiger partial charge in [0.05, 0.1) is 27.0 Å². The van der Waals surface area contributed by atoms with E-state index in [-0.39, 0.29) is 6.61 Å². The summed E-state index contributed by atoms with van der Waals surface area (Å²) in [7, 11) is 3.19. The average molecular weight is 389 g/mol. The third-order valence-electron chi connectivity index (χ3n) is 4.20. The van der Waals surface area contributed by atoms with Crippen LogP contribution in [0.25, 0.3) is 5.82 Å². The fraction of sp³-hybridized carbons (Fsp3) is 0.263. The van der Waals surface area contributed by atoms with Crippen LogP contribution in [0.4, 0.5) is 11.6 Å². The summed E-state index contributed by atoms with van der Waals surface area (Å²) in [6, 6.07) is 3.73. The van der Waals surface area contributed by atoms with E-state index in [1.165, 1.54) is 6.20 Å². The lowest BCUT2D eigenvalue weighted by molar-refractivity contribution is 0.281. The van der Waals surface area contributed by atoms with Gasteiger partial charge in [-0.2, -0.15) is 4.98 Å². The highest BCUT2D eigenvalue weighted by atomic mass is 35.5. The Labute approximate surface area is 162 Å². The van der Waals surface area contributed by atoms with E-state index in [4.69, 9.17) is 21.1 Å². The Balaban J connectivity index is 1.96. The molecule has 2 heterocycles. The van der Waals surface area contributed by atoms with Crippen LogP contribution in [0, 0.1) is 13.8 Å². The number of aromatic nitrogens is 3. The zero-order valence-electron chi connectivity index (χ0n) is 15.6. The number of aryl methyl sites for hydroxylation is 2. The second-order valence-corrected chi connectivity index (χ2v) is 6.46. The number of nitrogens with zero attached hydrogens (tertiary/aromatic N) is 3. The molecule has 0 fully saturated rings. The Kier molecular flexibility index (Phi) is 5.53. The van der Waals surface area contributed by atoms with Gasteiger partial charge >= 0.3 is 0 Å². The number of halogens is 1. The summed E-state index contributed by atoms with van der Waals surface area (Å²) in [6.45, 7) is 3.81. The van der Waals surface area contributed by atoms with Crippen molar-refractivity contribution in [1.29, 1.82) is 0 Å². The van der Waals surface area contributed by atoms with Crippen LogP contribution < -0.4 is 14.8 Å². The highest BCUT2D eigenvalue weighted by Crippen LogP contribution is 2.34. The van der Waals surface area contributed by atoms with Crippen molar-refractivity contribution in [2.45, 2.75) is 20.5 Å². The van der Waals surface area contributed by atoms with Gasteiger partial charge in [0.25, 0.3) is 0 Å². The number of aliphatic hydroxyl groups excluding tert-OH is 1. The Hall–Kier alpha value is -2.77. The van der Waals surface area contributed by atoms with Gasteiger partial charge in [0.15, 0.2) is 17.3 Å². The predicted octanol–water partition coefficient (Wildman–Crippen LogP) is 3.79. The third-order valence-corrected chi connectivity index (χ3v) is 4.46. The van der Waals surface area contributed by atoms with Crippen molar-refractivity contribution in [3.05, 3.63) is 52.4 Å². The van der Waals surface area contributed by atoms with Crippen LogP contribution in [0.2, 0.25) is 5.02 Å². The maximum atomic E-state index is 9.40. The number of benzene rings is 1. The smallest absolute Gasteiger partial charge is 0.229 e. The maximum Gasteiger partial charge on any atom is 0.229 e. The van der Waals surface area contributed by atoms with Crippen LogP contribution in [0.15, 0.2) is 30.7 Å². The number of hydrogen-bond acceptors (Lipinski definition) is 6. The summed E-state index contributed by atoms with van der Waals surface area (Å²) < 4.78 is 12.5. The number of rotatable bonds is 6. The quantitative estimate of drug-likeness (QED) is 0.668. The van der Waals surface area contributed by atoms with E-state index in [1.54, 1.807) is 25.0 Å². The van der Waals surface area contributed by atoms with Crippen molar-refractivity contribution in [2.75, 3.05) is 19.5 Å². The molecule has 1 aromatic carbocycles. The monoisotopic (exact) mass is 388 g/mol. The summed E-state index contributed by atoms with van der Waals surface area (Å²) in [5.74, 6) is 2.20. The van der Waals surface area contributed by atoms with Crippen molar-refractivity contribution < 1.29 is 14.6 Å². The molecule has 0 radical (unpaired) electrons. The number of anilines is 2.